The van der Waals surface area contributed by atoms with Crippen molar-refractivity contribution < 1.29 is 9.63 Å². The number of carbonyl (C=O) groups excluding carboxylic acids is 1. The van der Waals surface area contributed by atoms with E-state index < -0.39 is 5.91 Å². The van der Waals surface area contributed by atoms with E-state index in [-0.39, 0.29) is 18.1 Å². The van der Waals surface area contributed by atoms with E-state index in [0.29, 0.717) is 0 Å². The fraction of sp³-hybridized carbons (Fsp3) is 0. The van der Waals surface area contributed by atoms with Crippen molar-refractivity contribution in [1.29, 1.82) is 0 Å². The van der Waals surface area contributed by atoms with Gasteiger partial charge in [-0.15, -0.1) is 12.4 Å². The van der Waals surface area contributed by atoms with Gasteiger partial charge in [0, 0.05) is 0 Å². The van der Waals surface area contributed by atoms with Gasteiger partial charge in [0.2, 0.25) is 0 Å². The Kier molecular flexibility index (Phi) is 3.35. The average Bonchev–Trinajstić information content (AvgIpc) is 1.90. The lowest BCUT2D eigenvalue weighted by Crippen LogP contribution is -2.26. The number of hydrogen-bond donors (Lipinski definition) is 2. The molecule has 10 heavy (non-hydrogen) atoms. The van der Waals surface area contributed by atoms with Crippen LogP contribution in [-0.2, 0) is 9.63 Å². The zero-order valence-corrected chi connectivity index (χ0v) is 5.85. The van der Waals surface area contributed by atoms with Crippen LogP contribution in [-0.4, -0.2) is 5.91 Å². The van der Waals surface area contributed by atoms with Gasteiger partial charge in [0.1, 0.15) is 12.0 Å². The van der Waals surface area contributed by atoms with E-state index in [1.807, 2.05) is 0 Å². The van der Waals surface area contributed by atoms with Gasteiger partial charge in [-0.1, -0.05) is 0 Å². The number of allylic oxidation sites excluding steroid dienone is 2. The predicted octanol–water partition coefficient (Wildman–Crippen LogP) is -0.174. The summed E-state index contributed by atoms with van der Waals surface area (Å²) in [7, 11) is 0. The summed E-state index contributed by atoms with van der Waals surface area (Å²) in [6.07, 6.45) is 4.52. The molecule has 3 N–H and O–H groups in total. The summed E-state index contributed by atoms with van der Waals surface area (Å²) in [5.41, 5.74) is 7.46. The summed E-state index contributed by atoms with van der Waals surface area (Å²) < 4.78 is 0. The minimum Gasteiger partial charge on any atom is -0.390 e. The molecule has 0 aliphatic carbocycles. The molecule has 56 valence electrons. The number of halogens is 1. The van der Waals surface area contributed by atoms with Crippen molar-refractivity contribution in [2.24, 2.45) is 5.73 Å². The molecule has 1 aliphatic heterocycles. The van der Waals surface area contributed by atoms with E-state index in [9.17, 15) is 4.79 Å². The Balaban J connectivity index is 0.000000810. The third-order valence-corrected chi connectivity index (χ3v) is 0.844. The van der Waals surface area contributed by atoms with Crippen molar-refractivity contribution in [2.45, 2.75) is 0 Å². The number of amides is 1. The van der Waals surface area contributed by atoms with E-state index in [1.165, 1.54) is 12.3 Å². The molecule has 0 saturated heterocycles. The molecule has 0 radical (unpaired) electrons. The lowest BCUT2D eigenvalue weighted by molar-refractivity contribution is -0.115. The molecule has 4 nitrogen and oxygen atoms in total. The second-order valence-electron chi connectivity index (χ2n) is 1.49. The molecule has 1 aliphatic rings. The number of rotatable bonds is 1. The van der Waals surface area contributed by atoms with Crippen molar-refractivity contribution in [1.82, 2.24) is 5.48 Å². The van der Waals surface area contributed by atoms with Crippen LogP contribution < -0.4 is 11.2 Å². The standard InChI is InChI=1S/C5H6N2O2.ClH/c6-5(8)4-2-1-3-9-7-4;/h1-3,7H,(H2,6,8);1H. The lowest BCUT2D eigenvalue weighted by atomic mass is 10.4. The fourth-order valence-corrected chi connectivity index (χ4v) is 0.439. The number of carbonyl (C=O) groups is 1. The van der Waals surface area contributed by atoms with E-state index in [2.05, 4.69) is 10.3 Å². The van der Waals surface area contributed by atoms with Crippen LogP contribution >= 0.6 is 12.4 Å². The van der Waals surface area contributed by atoms with Crippen LogP contribution in [0.1, 0.15) is 0 Å². The number of hydroxylamine groups is 1. The smallest absolute Gasteiger partial charge is 0.268 e. The summed E-state index contributed by atoms with van der Waals surface area (Å²) >= 11 is 0. The number of hydrogen-bond acceptors (Lipinski definition) is 3. The Morgan fingerprint density at radius 3 is 2.70 bits per heavy atom. The van der Waals surface area contributed by atoms with E-state index in [1.54, 1.807) is 6.08 Å². The van der Waals surface area contributed by atoms with Gasteiger partial charge in [-0.05, 0) is 12.2 Å². The van der Waals surface area contributed by atoms with Crippen LogP contribution in [0.25, 0.3) is 0 Å². The van der Waals surface area contributed by atoms with Crippen LogP contribution in [0.5, 0.6) is 0 Å². The highest BCUT2D eigenvalue weighted by Gasteiger charge is 2.03. The van der Waals surface area contributed by atoms with E-state index in [0.717, 1.165) is 0 Å². The SMILES string of the molecule is Cl.NC(=O)C1=CC=CON1. The minimum atomic E-state index is -0.528. The zero-order valence-electron chi connectivity index (χ0n) is 5.03. The van der Waals surface area contributed by atoms with Gasteiger partial charge in [-0.25, -0.2) is 5.48 Å². The topological polar surface area (TPSA) is 64.4 Å². The highest BCUT2D eigenvalue weighted by molar-refractivity contribution is 5.91. The summed E-state index contributed by atoms with van der Waals surface area (Å²) in [5, 5.41) is 0. The van der Waals surface area contributed by atoms with Gasteiger partial charge in [0.25, 0.3) is 5.91 Å². The number of primary amides is 1. The molecule has 1 amide bonds. The zero-order chi connectivity index (χ0) is 6.69. The summed E-state index contributed by atoms with van der Waals surface area (Å²) in [5.74, 6) is -0.528. The molecule has 0 saturated carbocycles. The van der Waals surface area contributed by atoms with Crippen LogP contribution in [0.4, 0.5) is 0 Å². The fourth-order valence-electron chi connectivity index (χ4n) is 0.439. The van der Waals surface area contributed by atoms with E-state index >= 15 is 0 Å². The van der Waals surface area contributed by atoms with Crippen molar-refractivity contribution in [3.05, 3.63) is 24.1 Å². The number of nitrogens with one attached hydrogen (secondary N) is 1. The van der Waals surface area contributed by atoms with Crippen LogP contribution in [0.2, 0.25) is 0 Å². The van der Waals surface area contributed by atoms with Crippen molar-refractivity contribution in [3.8, 4) is 0 Å². The monoisotopic (exact) mass is 162 g/mol. The Morgan fingerprint density at radius 2 is 2.40 bits per heavy atom. The highest BCUT2D eigenvalue weighted by atomic mass is 35.5. The van der Waals surface area contributed by atoms with Gasteiger partial charge < -0.3 is 10.6 Å². The molecule has 0 bridgehead atoms. The molecule has 0 fully saturated rings. The third-order valence-electron chi connectivity index (χ3n) is 0.844. The van der Waals surface area contributed by atoms with Crippen LogP contribution in [0, 0.1) is 0 Å². The molecule has 0 spiro atoms. The lowest BCUT2D eigenvalue weighted by Gasteiger charge is -2.07. The summed E-state index contributed by atoms with van der Waals surface area (Å²) in [6, 6.07) is 0. The second-order valence-corrected chi connectivity index (χ2v) is 1.49. The summed E-state index contributed by atoms with van der Waals surface area (Å²) in [6.45, 7) is 0. The first-order valence-corrected chi connectivity index (χ1v) is 2.39. The normalized spacial score (nSPS) is 13.8. The third kappa shape index (κ3) is 1.99. The molecule has 0 aromatic carbocycles. The van der Waals surface area contributed by atoms with Crippen LogP contribution in [0.15, 0.2) is 24.1 Å². The predicted molar refractivity (Wildman–Crippen MR) is 37.9 cm³/mol. The first kappa shape index (κ1) is 8.84. The van der Waals surface area contributed by atoms with Crippen molar-refractivity contribution in [2.75, 3.05) is 0 Å². The van der Waals surface area contributed by atoms with Crippen LogP contribution in [0.3, 0.4) is 0 Å². The molecule has 5 heteroatoms. The van der Waals surface area contributed by atoms with Gasteiger partial charge in [-0.2, -0.15) is 0 Å². The molecule has 1 heterocycles. The Morgan fingerprint density at radius 1 is 1.70 bits per heavy atom. The molecule has 0 unspecified atom stereocenters. The Bertz CT molecular complexity index is 188. The quantitative estimate of drug-likeness (QED) is 0.563. The van der Waals surface area contributed by atoms with Crippen molar-refractivity contribution in [3.63, 3.8) is 0 Å². The maximum Gasteiger partial charge on any atom is 0.268 e. The van der Waals surface area contributed by atoms with Gasteiger partial charge >= 0.3 is 0 Å². The minimum absolute atomic E-state index is 0. The van der Waals surface area contributed by atoms with E-state index in [4.69, 9.17) is 5.73 Å². The average molecular weight is 163 g/mol. The molecule has 1 rings (SSSR count). The number of nitrogens with two attached hydrogens (primary N) is 1. The molecule has 0 aromatic heterocycles. The maximum atomic E-state index is 10.3. The van der Waals surface area contributed by atoms with Gasteiger partial charge in [0.05, 0.1) is 0 Å². The Labute approximate surface area is 64.1 Å². The second kappa shape index (κ2) is 3.79. The first-order valence-electron chi connectivity index (χ1n) is 2.39. The molecule has 0 aromatic rings. The van der Waals surface area contributed by atoms with Gasteiger partial charge in [-0.3, -0.25) is 4.79 Å². The van der Waals surface area contributed by atoms with Gasteiger partial charge in [0.15, 0.2) is 0 Å². The Hall–Kier alpha value is -1.16. The molecular weight excluding hydrogens is 156 g/mol. The summed E-state index contributed by atoms with van der Waals surface area (Å²) in [4.78, 5) is 14.9. The van der Waals surface area contributed by atoms with Crippen molar-refractivity contribution >= 4 is 18.3 Å². The molecule has 0 atom stereocenters. The molecular formula is C5H7ClN2O2. The largest absolute Gasteiger partial charge is 0.390 e. The maximum absolute atomic E-state index is 10.3. The first-order chi connectivity index (χ1) is 4.30. The highest BCUT2D eigenvalue weighted by Crippen LogP contribution is 1.94.